The summed E-state index contributed by atoms with van der Waals surface area (Å²) in [6.07, 6.45) is 7.83. The Morgan fingerprint density at radius 1 is 1.17 bits per heavy atom. The van der Waals surface area contributed by atoms with Gasteiger partial charge in [0.2, 0.25) is 16.0 Å². The van der Waals surface area contributed by atoms with Gasteiger partial charge in [-0.05, 0) is 12.8 Å². The van der Waals surface area contributed by atoms with Gasteiger partial charge in [0.15, 0.2) is 0 Å². The fourth-order valence-electron chi connectivity index (χ4n) is 2.09. The summed E-state index contributed by atoms with van der Waals surface area (Å²) in [5.41, 5.74) is 0. The summed E-state index contributed by atoms with van der Waals surface area (Å²) >= 11 is 0. The Morgan fingerprint density at radius 2 is 1.78 bits per heavy atom. The van der Waals surface area contributed by atoms with E-state index in [9.17, 15) is 8.42 Å². The third kappa shape index (κ3) is 3.17. The average Bonchev–Trinajstić information content (AvgIpc) is 2.39. The van der Waals surface area contributed by atoms with Gasteiger partial charge in [0, 0.05) is 13.1 Å². The molecule has 2 N–H and O–H groups in total. The number of hydrogen-bond acceptors (Lipinski definition) is 5. The van der Waals surface area contributed by atoms with Crippen LogP contribution in [-0.4, -0.2) is 31.5 Å². The normalized spacial score (nSPS) is 17.6. The monoisotopic (exact) mass is 270 g/mol. The molecule has 1 saturated carbocycles. The third-order valence-corrected chi connectivity index (χ3v) is 4.56. The molecule has 0 bridgehead atoms. The second kappa shape index (κ2) is 5.62. The van der Waals surface area contributed by atoms with Crippen molar-refractivity contribution in [2.45, 2.75) is 43.0 Å². The van der Waals surface area contributed by atoms with Crippen LogP contribution < -0.4 is 10.0 Å². The van der Waals surface area contributed by atoms with Crippen molar-refractivity contribution in [1.82, 2.24) is 14.7 Å². The van der Waals surface area contributed by atoms with E-state index in [1.807, 2.05) is 0 Å². The molecular weight excluding hydrogens is 252 g/mol. The second-order valence-electron chi connectivity index (χ2n) is 4.45. The van der Waals surface area contributed by atoms with Crippen molar-refractivity contribution in [3.8, 4) is 0 Å². The first-order valence-corrected chi connectivity index (χ1v) is 7.62. The molecule has 100 valence electrons. The Balaban J connectivity index is 2.08. The smallest absolute Gasteiger partial charge is 0.243 e. The molecule has 18 heavy (non-hydrogen) atoms. The summed E-state index contributed by atoms with van der Waals surface area (Å²) in [4.78, 5) is 7.95. The Kier molecular flexibility index (Phi) is 4.13. The molecule has 0 aliphatic heterocycles. The molecule has 1 aromatic heterocycles. The zero-order valence-electron chi connectivity index (χ0n) is 10.4. The van der Waals surface area contributed by atoms with Gasteiger partial charge in [-0.2, -0.15) is 0 Å². The summed E-state index contributed by atoms with van der Waals surface area (Å²) in [5.74, 6) is 0.409. The van der Waals surface area contributed by atoms with E-state index in [1.165, 1.54) is 18.8 Å². The quantitative estimate of drug-likeness (QED) is 0.856. The van der Waals surface area contributed by atoms with Crippen molar-refractivity contribution in [3.63, 3.8) is 0 Å². The van der Waals surface area contributed by atoms with Gasteiger partial charge in [0.1, 0.15) is 4.90 Å². The van der Waals surface area contributed by atoms with E-state index in [-0.39, 0.29) is 10.9 Å². The number of rotatable bonds is 4. The predicted molar refractivity (Wildman–Crippen MR) is 68.8 cm³/mol. The van der Waals surface area contributed by atoms with Gasteiger partial charge in [0.05, 0.1) is 12.4 Å². The van der Waals surface area contributed by atoms with Crippen LogP contribution in [0, 0.1) is 0 Å². The molecule has 0 atom stereocenters. The van der Waals surface area contributed by atoms with E-state index in [0.29, 0.717) is 5.95 Å². The predicted octanol–water partition coefficient (Wildman–Crippen LogP) is 1.13. The first kappa shape index (κ1) is 13.2. The van der Waals surface area contributed by atoms with Crippen molar-refractivity contribution in [2.75, 3.05) is 12.4 Å². The average molecular weight is 270 g/mol. The van der Waals surface area contributed by atoms with Gasteiger partial charge < -0.3 is 5.32 Å². The van der Waals surface area contributed by atoms with Crippen LogP contribution in [0.2, 0.25) is 0 Å². The maximum absolute atomic E-state index is 12.1. The van der Waals surface area contributed by atoms with E-state index in [4.69, 9.17) is 0 Å². The standard InChI is InChI=1S/C11H18N4O2S/c1-12-11-13-7-10(8-14-11)18(16,17)15-9-5-3-2-4-6-9/h7-9,15H,2-6H2,1H3,(H,12,13,14). The van der Waals surface area contributed by atoms with E-state index >= 15 is 0 Å². The number of aromatic nitrogens is 2. The molecule has 0 amide bonds. The van der Waals surface area contributed by atoms with E-state index < -0.39 is 10.0 Å². The lowest BCUT2D eigenvalue weighted by Gasteiger charge is -2.22. The molecule has 0 radical (unpaired) electrons. The molecule has 1 aliphatic carbocycles. The highest BCUT2D eigenvalue weighted by atomic mass is 32.2. The molecule has 6 nitrogen and oxygen atoms in total. The summed E-state index contributed by atoms with van der Waals surface area (Å²) in [6.45, 7) is 0. The highest BCUT2D eigenvalue weighted by Crippen LogP contribution is 2.19. The van der Waals surface area contributed by atoms with Crippen molar-refractivity contribution < 1.29 is 8.42 Å². The SMILES string of the molecule is CNc1ncc(S(=O)(=O)NC2CCCCC2)cn1. The number of nitrogens with one attached hydrogen (secondary N) is 2. The maximum Gasteiger partial charge on any atom is 0.243 e. The lowest BCUT2D eigenvalue weighted by molar-refractivity contribution is 0.412. The van der Waals surface area contributed by atoms with Crippen LogP contribution in [0.3, 0.4) is 0 Å². The van der Waals surface area contributed by atoms with Crippen LogP contribution in [0.1, 0.15) is 32.1 Å². The van der Waals surface area contributed by atoms with Gasteiger partial charge in [-0.3, -0.25) is 0 Å². The van der Waals surface area contributed by atoms with Crippen LogP contribution in [-0.2, 0) is 10.0 Å². The Morgan fingerprint density at radius 3 is 2.33 bits per heavy atom. The summed E-state index contributed by atoms with van der Waals surface area (Å²) < 4.78 is 26.9. The summed E-state index contributed by atoms with van der Waals surface area (Å²) in [7, 11) is -1.80. The number of hydrogen-bond donors (Lipinski definition) is 2. The topological polar surface area (TPSA) is 84.0 Å². The molecular formula is C11H18N4O2S. The molecule has 1 aromatic rings. The van der Waals surface area contributed by atoms with Gasteiger partial charge in [-0.15, -0.1) is 0 Å². The molecule has 7 heteroatoms. The van der Waals surface area contributed by atoms with Crippen LogP contribution >= 0.6 is 0 Å². The fourth-order valence-corrected chi connectivity index (χ4v) is 3.29. The minimum Gasteiger partial charge on any atom is -0.357 e. The number of nitrogens with zero attached hydrogens (tertiary/aromatic N) is 2. The third-order valence-electron chi connectivity index (χ3n) is 3.09. The first-order chi connectivity index (χ1) is 8.62. The molecule has 0 aromatic carbocycles. The van der Waals surface area contributed by atoms with Crippen molar-refractivity contribution in [3.05, 3.63) is 12.4 Å². The fraction of sp³-hybridized carbons (Fsp3) is 0.636. The second-order valence-corrected chi connectivity index (χ2v) is 6.16. The Hall–Kier alpha value is -1.21. The van der Waals surface area contributed by atoms with Gasteiger partial charge >= 0.3 is 0 Å². The molecule has 1 heterocycles. The van der Waals surface area contributed by atoms with Crippen molar-refractivity contribution >= 4 is 16.0 Å². The minimum absolute atomic E-state index is 0.0488. The number of sulfonamides is 1. The van der Waals surface area contributed by atoms with Crippen LogP contribution in [0.15, 0.2) is 17.3 Å². The van der Waals surface area contributed by atoms with Crippen LogP contribution in [0.25, 0.3) is 0 Å². The molecule has 2 rings (SSSR count). The van der Waals surface area contributed by atoms with Crippen molar-refractivity contribution in [2.24, 2.45) is 0 Å². The van der Waals surface area contributed by atoms with Gasteiger partial charge in [-0.25, -0.2) is 23.1 Å². The van der Waals surface area contributed by atoms with Gasteiger partial charge in [-0.1, -0.05) is 19.3 Å². The van der Waals surface area contributed by atoms with E-state index in [1.54, 1.807) is 7.05 Å². The van der Waals surface area contributed by atoms with Crippen molar-refractivity contribution in [1.29, 1.82) is 0 Å². The molecule has 1 aliphatic rings. The lowest BCUT2D eigenvalue weighted by atomic mass is 9.96. The molecule has 0 spiro atoms. The maximum atomic E-state index is 12.1. The van der Waals surface area contributed by atoms with E-state index in [0.717, 1.165) is 25.7 Å². The summed E-state index contributed by atoms with van der Waals surface area (Å²) in [6, 6.07) is 0.0488. The molecule has 0 unspecified atom stereocenters. The van der Waals surface area contributed by atoms with Crippen LogP contribution in [0.4, 0.5) is 5.95 Å². The zero-order chi connectivity index (χ0) is 13.0. The van der Waals surface area contributed by atoms with E-state index in [2.05, 4.69) is 20.0 Å². The largest absolute Gasteiger partial charge is 0.357 e. The number of anilines is 1. The highest BCUT2D eigenvalue weighted by molar-refractivity contribution is 7.89. The minimum atomic E-state index is -3.49. The van der Waals surface area contributed by atoms with Gasteiger partial charge in [0.25, 0.3) is 0 Å². The Bertz CT molecular complexity index is 480. The summed E-state index contributed by atoms with van der Waals surface area (Å²) in [5, 5.41) is 2.75. The first-order valence-electron chi connectivity index (χ1n) is 6.14. The highest BCUT2D eigenvalue weighted by Gasteiger charge is 2.22. The Labute approximate surface area is 107 Å². The molecule has 1 fully saturated rings. The molecule has 0 saturated heterocycles. The van der Waals surface area contributed by atoms with Crippen LogP contribution in [0.5, 0.6) is 0 Å². The lowest BCUT2D eigenvalue weighted by Crippen LogP contribution is -2.36. The zero-order valence-corrected chi connectivity index (χ0v) is 11.2.